The minimum absolute atomic E-state index is 0.348. The molecule has 0 unspecified atom stereocenters. The van der Waals surface area contributed by atoms with E-state index in [-0.39, 0.29) is 5.79 Å². The summed E-state index contributed by atoms with van der Waals surface area (Å²) in [6.45, 7) is 5.46. The van der Waals surface area contributed by atoms with Crippen LogP contribution in [0.5, 0.6) is 0 Å². The van der Waals surface area contributed by atoms with E-state index in [4.69, 9.17) is 14.7 Å². The van der Waals surface area contributed by atoms with Crippen LogP contribution in [0, 0.1) is 6.92 Å². The molecule has 1 aromatic rings. The SMILES string of the molecule is Cc1cc(N=CNO)ccc1N1CCCC2(CC1)OCCO2. The summed E-state index contributed by atoms with van der Waals surface area (Å²) in [4.78, 5) is 6.50. The van der Waals surface area contributed by atoms with Crippen molar-refractivity contribution in [2.75, 3.05) is 31.2 Å². The third-order valence-electron chi connectivity index (χ3n) is 4.35. The summed E-state index contributed by atoms with van der Waals surface area (Å²) in [5.41, 5.74) is 5.14. The number of hydroxylamine groups is 1. The highest BCUT2D eigenvalue weighted by atomic mass is 16.7. The molecule has 0 atom stereocenters. The van der Waals surface area contributed by atoms with E-state index in [1.165, 1.54) is 17.6 Å². The number of hydrogen-bond acceptors (Lipinski definition) is 5. The van der Waals surface area contributed by atoms with Crippen LogP contribution in [0.25, 0.3) is 0 Å². The van der Waals surface area contributed by atoms with Crippen LogP contribution >= 0.6 is 0 Å². The summed E-state index contributed by atoms with van der Waals surface area (Å²) >= 11 is 0. The number of aliphatic imine (C=N–C) groups is 1. The second-order valence-electron chi connectivity index (χ2n) is 5.81. The molecule has 1 aromatic carbocycles. The second kappa shape index (κ2) is 6.64. The molecule has 1 spiro atoms. The maximum absolute atomic E-state index is 8.56. The first-order valence-electron chi connectivity index (χ1n) is 7.78. The summed E-state index contributed by atoms with van der Waals surface area (Å²) in [5.74, 6) is -0.348. The van der Waals surface area contributed by atoms with Crippen LogP contribution in [-0.4, -0.2) is 43.6 Å². The average Bonchev–Trinajstić information content (AvgIpc) is 2.88. The van der Waals surface area contributed by atoms with Gasteiger partial charge in [-0.05, 0) is 37.1 Å². The van der Waals surface area contributed by atoms with Gasteiger partial charge in [0.15, 0.2) is 5.79 Å². The van der Waals surface area contributed by atoms with Gasteiger partial charge in [-0.3, -0.25) is 10.7 Å². The number of hydrogen-bond donors (Lipinski definition) is 2. The number of aryl methyl sites for hydroxylation is 1. The molecule has 2 N–H and O–H groups in total. The largest absolute Gasteiger partial charge is 0.371 e. The topological polar surface area (TPSA) is 66.3 Å². The van der Waals surface area contributed by atoms with E-state index in [1.54, 1.807) is 0 Å². The average molecular weight is 305 g/mol. The Morgan fingerprint density at radius 3 is 2.82 bits per heavy atom. The van der Waals surface area contributed by atoms with Crippen molar-refractivity contribution in [1.82, 2.24) is 5.48 Å². The van der Waals surface area contributed by atoms with Crippen LogP contribution in [0.4, 0.5) is 11.4 Å². The fraction of sp³-hybridized carbons (Fsp3) is 0.562. The van der Waals surface area contributed by atoms with Crippen LogP contribution in [0.2, 0.25) is 0 Å². The van der Waals surface area contributed by atoms with Gasteiger partial charge >= 0.3 is 0 Å². The van der Waals surface area contributed by atoms with E-state index in [1.807, 2.05) is 17.6 Å². The molecule has 0 aromatic heterocycles. The van der Waals surface area contributed by atoms with Crippen molar-refractivity contribution >= 4 is 17.7 Å². The van der Waals surface area contributed by atoms with Gasteiger partial charge < -0.3 is 14.4 Å². The highest BCUT2D eigenvalue weighted by Crippen LogP contribution is 2.34. The van der Waals surface area contributed by atoms with Gasteiger partial charge in [-0.15, -0.1) is 0 Å². The molecular formula is C16H23N3O3. The Balaban J connectivity index is 1.72. The monoisotopic (exact) mass is 305 g/mol. The van der Waals surface area contributed by atoms with Crippen LogP contribution < -0.4 is 10.4 Å². The molecule has 2 saturated heterocycles. The summed E-state index contributed by atoms with van der Waals surface area (Å²) in [5, 5.41) is 8.56. The van der Waals surface area contributed by atoms with Gasteiger partial charge in [-0.1, -0.05) is 0 Å². The van der Waals surface area contributed by atoms with Gasteiger partial charge in [-0.25, -0.2) is 4.99 Å². The van der Waals surface area contributed by atoms with Crippen LogP contribution in [-0.2, 0) is 9.47 Å². The lowest BCUT2D eigenvalue weighted by Gasteiger charge is -2.27. The standard InChI is InChI=1S/C16H23N3O3/c1-13-11-14(17-12-18-20)3-4-15(13)19-7-2-5-16(6-8-19)21-9-10-22-16/h3-4,11-12,20H,2,5-10H2,1H3,(H,17,18). The van der Waals surface area contributed by atoms with E-state index in [0.717, 1.165) is 38.0 Å². The third kappa shape index (κ3) is 3.24. The molecule has 0 aliphatic carbocycles. The van der Waals surface area contributed by atoms with Gasteiger partial charge in [0, 0.05) is 31.6 Å². The zero-order valence-electron chi connectivity index (χ0n) is 12.9. The number of ether oxygens (including phenoxy) is 2. The normalized spacial score (nSPS) is 21.5. The predicted molar refractivity (Wildman–Crippen MR) is 85.0 cm³/mol. The molecule has 6 nitrogen and oxygen atoms in total. The lowest BCUT2D eigenvalue weighted by Crippen LogP contribution is -2.32. The van der Waals surface area contributed by atoms with E-state index >= 15 is 0 Å². The summed E-state index contributed by atoms with van der Waals surface area (Å²) < 4.78 is 11.7. The Morgan fingerprint density at radius 1 is 1.27 bits per heavy atom. The van der Waals surface area contributed by atoms with Crippen molar-refractivity contribution in [1.29, 1.82) is 0 Å². The van der Waals surface area contributed by atoms with Crippen molar-refractivity contribution in [2.24, 2.45) is 4.99 Å². The summed E-state index contributed by atoms with van der Waals surface area (Å²) in [7, 11) is 0. The van der Waals surface area contributed by atoms with E-state index in [2.05, 4.69) is 22.9 Å². The van der Waals surface area contributed by atoms with Crippen molar-refractivity contribution in [3.05, 3.63) is 23.8 Å². The maximum Gasteiger partial charge on any atom is 0.170 e. The quantitative estimate of drug-likeness (QED) is 0.510. The third-order valence-corrected chi connectivity index (χ3v) is 4.35. The lowest BCUT2D eigenvalue weighted by atomic mass is 10.1. The smallest absolute Gasteiger partial charge is 0.170 e. The molecule has 6 heteroatoms. The molecule has 22 heavy (non-hydrogen) atoms. The minimum Gasteiger partial charge on any atom is -0.371 e. The molecule has 0 bridgehead atoms. The van der Waals surface area contributed by atoms with Gasteiger partial charge in [0.2, 0.25) is 0 Å². The first-order chi connectivity index (χ1) is 10.7. The fourth-order valence-corrected chi connectivity index (χ4v) is 3.29. The summed E-state index contributed by atoms with van der Waals surface area (Å²) in [6.07, 6.45) is 4.19. The zero-order chi connectivity index (χ0) is 15.4. The number of rotatable bonds is 3. The molecule has 2 heterocycles. The first-order valence-corrected chi connectivity index (χ1v) is 7.78. The van der Waals surface area contributed by atoms with E-state index in [9.17, 15) is 0 Å². The fourth-order valence-electron chi connectivity index (χ4n) is 3.29. The number of anilines is 1. The Morgan fingerprint density at radius 2 is 2.09 bits per heavy atom. The molecule has 2 aliphatic rings. The molecule has 120 valence electrons. The summed E-state index contributed by atoms with van der Waals surface area (Å²) in [6, 6.07) is 6.07. The Labute approximate surface area is 130 Å². The number of benzene rings is 1. The molecular weight excluding hydrogens is 282 g/mol. The number of nitrogens with one attached hydrogen (secondary N) is 1. The van der Waals surface area contributed by atoms with Crippen LogP contribution in [0.3, 0.4) is 0 Å². The highest BCUT2D eigenvalue weighted by molar-refractivity contribution is 5.64. The van der Waals surface area contributed by atoms with Crippen molar-refractivity contribution in [3.63, 3.8) is 0 Å². The van der Waals surface area contributed by atoms with Crippen molar-refractivity contribution in [3.8, 4) is 0 Å². The van der Waals surface area contributed by atoms with Gasteiger partial charge in [0.25, 0.3) is 0 Å². The molecule has 3 rings (SSSR count). The number of nitrogens with zero attached hydrogens (tertiary/aromatic N) is 2. The van der Waals surface area contributed by atoms with Crippen molar-refractivity contribution in [2.45, 2.75) is 32.0 Å². The highest BCUT2D eigenvalue weighted by Gasteiger charge is 2.38. The molecule has 0 saturated carbocycles. The van der Waals surface area contributed by atoms with Crippen molar-refractivity contribution < 1.29 is 14.7 Å². The maximum atomic E-state index is 8.56. The Hall–Kier alpha value is -1.63. The van der Waals surface area contributed by atoms with Gasteiger partial charge in [-0.2, -0.15) is 0 Å². The first kappa shape index (κ1) is 15.3. The molecule has 2 fully saturated rings. The predicted octanol–water partition coefficient (Wildman–Crippen LogP) is 2.37. The molecule has 2 aliphatic heterocycles. The molecule has 0 radical (unpaired) electrons. The van der Waals surface area contributed by atoms with Crippen LogP contribution in [0.1, 0.15) is 24.8 Å². The molecule has 0 amide bonds. The lowest BCUT2D eigenvalue weighted by molar-refractivity contribution is -0.162. The van der Waals surface area contributed by atoms with Gasteiger partial charge in [0.05, 0.1) is 18.9 Å². The minimum atomic E-state index is -0.348. The Bertz CT molecular complexity index is 541. The van der Waals surface area contributed by atoms with E-state index in [0.29, 0.717) is 13.2 Å². The van der Waals surface area contributed by atoms with Crippen LogP contribution in [0.15, 0.2) is 23.2 Å². The van der Waals surface area contributed by atoms with E-state index < -0.39 is 0 Å². The zero-order valence-corrected chi connectivity index (χ0v) is 12.9. The Kier molecular flexibility index (Phi) is 4.61. The van der Waals surface area contributed by atoms with Gasteiger partial charge in [0.1, 0.15) is 6.34 Å². The second-order valence-corrected chi connectivity index (χ2v) is 5.81.